The molecule has 1 aliphatic rings. The smallest absolute Gasteiger partial charge is 0.310 e. The van der Waals surface area contributed by atoms with Gasteiger partial charge in [-0.05, 0) is 35.8 Å². The number of nitrogens with zero attached hydrogens (tertiary/aromatic N) is 2. The normalized spacial score (nSPS) is 14.0. The number of benzene rings is 2. The van der Waals surface area contributed by atoms with E-state index in [4.69, 9.17) is 23.2 Å². The Morgan fingerprint density at radius 1 is 1.21 bits per heavy atom. The van der Waals surface area contributed by atoms with Crippen LogP contribution in [0, 0.1) is 0 Å². The van der Waals surface area contributed by atoms with Gasteiger partial charge >= 0.3 is 4.87 Å². The van der Waals surface area contributed by atoms with E-state index in [1.54, 1.807) is 24.4 Å². The lowest BCUT2D eigenvalue weighted by Crippen LogP contribution is -2.13. The minimum absolute atomic E-state index is 0.0675. The summed E-state index contributed by atoms with van der Waals surface area (Å²) in [7, 11) is 0. The van der Waals surface area contributed by atoms with Crippen molar-refractivity contribution in [3.63, 3.8) is 0 Å². The molecule has 28 heavy (non-hydrogen) atoms. The monoisotopic (exact) mass is 430 g/mol. The number of aryl methyl sites for hydroxylation is 1. The fourth-order valence-corrected chi connectivity index (χ4v) is 4.35. The summed E-state index contributed by atoms with van der Waals surface area (Å²) in [5.41, 5.74) is 4.80. The van der Waals surface area contributed by atoms with Crippen molar-refractivity contribution in [3.8, 4) is 5.88 Å². The molecule has 7 heteroatoms. The Labute approximate surface area is 176 Å². The molecule has 2 aromatic carbocycles. The lowest BCUT2D eigenvalue weighted by atomic mass is 10.0. The van der Waals surface area contributed by atoms with Gasteiger partial charge in [-0.1, -0.05) is 65.7 Å². The zero-order valence-electron chi connectivity index (χ0n) is 14.9. The highest BCUT2D eigenvalue weighted by Crippen LogP contribution is 2.37. The molecule has 0 radical (unpaired) electrons. The molecule has 0 fully saturated rings. The first kappa shape index (κ1) is 19.0. The number of rotatable bonds is 4. The van der Waals surface area contributed by atoms with Gasteiger partial charge in [0.05, 0.1) is 27.2 Å². The number of aromatic nitrogens is 1. The molecule has 3 aromatic rings. The molecule has 142 valence electrons. The first-order valence-electron chi connectivity index (χ1n) is 8.72. The van der Waals surface area contributed by atoms with Crippen LogP contribution < -0.4 is 4.87 Å². The largest absolute Gasteiger partial charge is 0.493 e. The van der Waals surface area contributed by atoms with Crippen LogP contribution in [0.15, 0.2) is 46.2 Å². The van der Waals surface area contributed by atoms with Gasteiger partial charge < -0.3 is 5.11 Å². The van der Waals surface area contributed by atoms with E-state index in [1.807, 2.05) is 18.2 Å². The van der Waals surface area contributed by atoms with Crippen molar-refractivity contribution < 1.29 is 5.11 Å². The molecule has 0 spiro atoms. The van der Waals surface area contributed by atoms with Crippen molar-refractivity contribution in [2.24, 2.45) is 4.99 Å². The zero-order valence-corrected chi connectivity index (χ0v) is 17.3. The zero-order chi connectivity index (χ0) is 19.8. The number of fused-ring (bicyclic) bond motifs is 1. The molecule has 0 saturated heterocycles. The molecule has 0 amide bonds. The molecule has 2 heterocycles. The van der Waals surface area contributed by atoms with Gasteiger partial charge in [0.2, 0.25) is 5.88 Å². The summed E-state index contributed by atoms with van der Waals surface area (Å²) in [6, 6.07) is 11.2. The molecule has 1 aliphatic heterocycles. The Morgan fingerprint density at radius 3 is 2.79 bits per heavy atom. The van der Waals surface area contributed by atoms with Crippen LogP contribution in [-0.2, 0) is 13.0 Å². The number of allylic oxidation sites excluding steroid dienone is 1. The number of para-hydroxylation sites is 1. The molecule has 4 nitrogen and oxygen atoms in total. The predicted octanol–water partition coefficient (Wildman–Crippen LogP) is 5.79. The van der Waals surface area contributed by atoms with Crippen molar-refractivity contribution in [2.75, 3.05) is 0 Å². The third-order valence-corrected chi connectivity index (χ3v) is 6.30. The van der Waals surface area contributed by atoms with Crippen LogP contribution in [0.4, 0.5) is 5.69 Å². The molecular weight excluding hydrogens is 415 g/mol. The summed E-state index contributed by atoms with van der Waals surface area (Å²) in [6.45, 7) is 2.31. The van der Waals surface area contributed by atoms with E-state index in [-0.39, 0.29) is 17.3 Å². The van der Waals surface area contributed by atoms with Crippen LogP contribution in [-0.4, -0.2) is 15.9 Å². The molecular formula is C21H16Cl2N2O2S. The van der Waals surface area contributed by atoms with Gasteiger partial charge in [0.15, 0.2) is 0 Å². The average molecular weight is 431 g/mol. The highest BCUT2D eigenvalue weighted by molar-refractivity contribution is 7.10. The number of hydrogen-bond acceptors (Lipinski definition) is 4. The summed E-state index contributed by atoms with van der Waals surface area (Å²) in [5, 5.41) is 11.5. The van der Waals surface area contributed by atoms with Gasteiger partial charge in [-0.2, -0.15) is 0 Å². The van der Waals surface area contributed by atoms with Gasteiger partial charge in [0.25, 0.3) is 0 Å². The number of hydrogen-bond donors (Lipinski definition) is 1. The maximum atomic E-state index is 12.4. The summed E-state index contributed by atoms with van der Waals surface area (Å²) >= 11 is 13.0. The van der Waals surface area contributed by atoms with Crippen LogP contribution in [0.5, 0.6) is 5.88 Å². The van der Waals surface area contributed by atoms with Gasteiger partial charge in [-0.3, -0.25) is 14.4 Å². The van der Waals surface area contributed by atoms with Crippen molar-refractivity contribution in [2.45, 2.75) is 19.9 Å². The van der Waals surface area contributed by atoms with Crippen LogP contribution in [0.25, 0.3) is 11.6 Å². The number of aromatic hydroxyl groups is 1. The quantitative estimate of drug-likeness (QED) is 0.569. The van der Waals surface area contributed by atoms with Gasteiger partial charge in [-0.15, -0.1) is 0 Å². The van der Waals surface area contributed by atoms with E-state index < -0.39 is 0 Å². The Bertz CT molecular complexity index is 1190. The van der Waals surface area contributed by atoms with E-state index >= 15 is 0 Å². The number of halogens is 2. The Kier molecular flexibility index (Phi) is 5.15. The second-order valence-electron chi connectivity index (χ2n) is 6.42. The fourth-order valence-electron chi connectivity index (χ4n) is 3.19. The maximum Gasteiger partial charge on any atom is 0.310 e. The fraction of sp³-hybridized carbons (Fsp3) is 0.143. The minimum Gasteiger partial charge on any atom is -0.493 e. The molecule has 0 atom stereocenters. The Balaban J connectivity index is 1.70. The van der Waals surface area contributed by atoms with Crippen LogP contribution in [0.3, 0.4) is 0 Å². The molecule has 0 bridgehead atoms. The topological polar surface area (TPSA) is 54.6 Å². The van der Waals surface area contributed by atoms with E-state index in [1.165, 1.54) is 10.1 Å². The second kappa shape index (κ2) is 7.59. The third kappa shape index (κ3) is 3.41. The molecule has 0 aliphatic carbocycles. The van der Waals surface area contributed by atoms with Crippen molar-refractivity contribution in [3.05, 3.63) is 77.7 Å². The lowest BCUT2D eigenvalue weighted by molar-refractivity contribution is 0.420. The SMILES string of the molecule is CCc1cccc2c1N=C/C2=C/c1sc(=O)n(Cc2ccc(Cl)c(Cl)c2)c1O. The lowest BCUT2D eigenvalue weighted by Gasteiger charge is -2.06. The molecule has 1 aromatic heterocycles. The molecule has 0 unspecified atom stereocenters. The summed E-state index contributed by atoms with van der Waals surface area (Å²) in [4.78, 5) is 17.2. The Hall–Kier alpha value is -2.34. The molecule has 1 N–H and O–H groups in total. The highest BCUT2D eigenvalue weighted by Gasteiger charge is 2.18. The standard InChI is InChI=1S/C21H16Cl2N2O2S/c1-2-13-4-3-5-15-14(10-24-19(13)15)9-18-20(26)25(21(27)28-18)11-12-6-7-16(22)17(23)8-12/h3-10,26H,2,11H2,1H3/b14-9-. The highest BCUT2D eigenvalue weighted by atomic mass is 35.5. The summed E-state index contributed by atoms with van der Waals surface area (Å²) in [5.74, 6) is -0.0675. The van der Waals surface area contributed by atoms with Crippen LogP contribution in [0.2, 0.25) is 10.0 Å². The first-order valence-corrected chi connectivity index (χ1v) is 10.3. The van der Waals surface area contributed by atoms with Crippen LogP contribution in [0.1, 0.15) is 28.5 Å². The number of thiazole rings is 1. The van der Waals surface area contributed by atoms with Crippen molar-refractivity contribution in [1.82, 2.24) is 4.57 Å². The van der Waals surface area contributed by atoms with E-state index in [2.05, 4.69) is 18.0 Å². The van der Waals surface area contributed by atoms with Gasteiger partial charge in [0.1, 0.15) is 0 Å². The van der Waals surface area contributed by atoms with Gasteiger partial charge in [0, 0.05) is 17.4 Å². The minimum atomic E-state index is -0.243. The first-order chi connectivity index (χ1) is 13.5. The summed E-state index contributed by atoms with van der Waals surface area (Å²) in [6.07, 6.45) is 4.48. The number of aliphatic imine (C=N–C) groups is 1. The molecule has 4 rings (SSSR count). The van der Waals surface area contributed by atoms with Crippen molar-refractivity contribution in [1.29, 1.82) is 0 Å². The van der Waals surface area contributed by atoms with E-state index in [9.17, 15) is 9.90 Å². The summed E-state index contributed by atoms with van der Waals surface area (Å²) < 4.78 is 1.33. The van der Waals surface area contributed by atoms with Gasteiger partial charge in [-0.25, -0.2) is 0 Å². The van der Waals surface area contributed by atoms with Crippen molar-refractivity contribution >= 4 is 58.1 Å². The average Bonchev–Trinajstić information content (AvgIpc) is 3.21. The second-order valence-corrected chi connectivity index (χ2v) is 8.22. The third-order valence-electron chi connectivity index (χ3n) is 4.65. The van der Waals surface area contributed by atoms with E-state index in [0.29, 0.717) is 14.9 Å². The maximum absolute atomic E-state index is 12.4. The Morgan fingerprint density at radius 2 is 2.04 bits per heavy atom. The predicted molar refractivity (Wildman–Crippen MR) is 118 cm³/mol. The van der Waals surface area contributed by atoms with E-state index in [0.717, 1.165) is 40.1 Å². The van der Waals surface area contributed by atoms with Crippen LogP contribution >= 0.6 is 34.5 Å². The molecule has 0 saturated carbocycles.